The van der Waals surface area contributed by atoms with Gasteiger partial charge in [0.25, 0.3) is 0 Å². The predicted molar refractivity (Wildman–Crippen MR) is 63.0 cm³/mol. The van der Waals surface area contributed by atoms with E-state index in [-0.39, 0.29) is 11.3 Å². The number of carbonyl (C=O) groups excluding carboxylic acids is 1. The number of phenolic OH excluding ortho intramolecular Hbond substituents is 1. The first-order valence-corrected chi connectivity index (χ1v) is 5.02. The minimum Gasteiger partial charge on any atom is -0.507 e. The Hall–Kier alpha value is -1.77. The monoisotopic (exact) mass is 220 g/mol. The first-order valence-electron chi connectivity index (χ1n) is 5.02. The van der Waals surface area contributed by atoms with E-state index in [2.05, 4.69) is 6.58 Å². The van der Waals surface area contributed by atoms with Crippen LogP contribution in [0.15, 0.2) is 30.8 Å². The van der Waals surface area contributed by atoms with E-state index in [1.54, 1.807) is 39.0 Å². The maximum Gasteiger partial charge on any atom is 0.338 e. The van der Waals surface area contributed by atoms with Crippen molar-refractivity contribution in [2.75, 3.05) is 0 Å². The normalized spacial score (nSPS) is 10.9. The molecule has 0 atom stereocenters. The van der Waals surface area contributed by atoms with Gasteiger partial charge in [-0.25, -0.2) is 4.79 Å². The summed E-state index contributed by atoms with van der Waals surface area (Å²) in [6.07, 6.45) is 0. The summed E-state index contributed by atoms with van der Waals surface area (Å²) in [5.41, 5.74) is -0.00508. The number of hydrogen-bond acceptors (Lipinski definition) is 3. The fourth-order valence-corrected chi connectivity index (χ4v) is 1.18. The van der Waals surface area contributed by atoms with E-state index in [1.807, 2.05) is 0 Å². The number of esters is 1. The highest BCUT2D eigenvalue weighted by Crippen LogP contribution is 2.25. The van der Waals surface area contributed by atoms with Crippen LogP contribution >= 0.6 is 0 Å². The van der Waals surface area contributed by atoms with Crippen molar-refractivity contribution in [3.63, 3.8) is 0 Å². The van der Waals surface area contributed by atoms with Crippen LogP contribution in [0.5, 0.6) is 5.75 Å². The minimum atomic E-state index is -0.565. The van der Waals surface area contributed by atoms with E-state index in [1.165, 1.54) is 6.07 Å². The second kappa shape index (κ2) is 4.39. The first-order chi connectivity index (χ1) is 7.31. The fraction of sp³-hybridized carbons (Fsp3) is 0.308. The molecule has 86 valence electrons. The molecule has 3 heteroatoms. The van der Waals surface area contributed by atoms with Crippen molar-refractivity contribution in [3.8, 4) is 5.75 Å². The molecule has 0 saturated carbocycles. The summed E-state index contributed by atoms with van der Waals surface area (Å²) in [5.74, 6) is -0.493. The summed E-state index contributed by atoms with van der Waals surface area (Å²) in [5, 5.41) is 9.56. The topological polar surface area (TPSA) is 46.5 Å². The lowest BCUT2D eigenvalue weighted by molar-refractivity contribution is -0.147. The molecule has 3 nitrogen and oxygen atoms in total. The Bertz CT molecular complexity index is 413. The van der Waals surface area contributed by atoms with Crippen LogP contribution in [0, 0.1) is 0 Å². The number of benzene rings is 1. The molecule has 1 aromatic carbocycles. The second-order valence-electron chi connectivity index (χ2n) is 4.50. The molecule has 0 spiro atoms. The molecule has 1 rings (SSSR count). The van der Waals surface area contributed by atoms with Crippen molar-refractivity contribution in [1.29, 1.82) is 0 Å². The zero-order valence-corrected chi connectivity index (χ0v) is 9.78. The van der Waals surface area contributed by atoms with Gasteiger partial charge in [-0.05, 0) is 26.8 Å². The van der Waals surface area contributed by atoms with E-state index in [0.717, 1.165) is 0 Å². The van der Waals surface area contributed by atoms with Crippen LogP contribution in [-0.2, 0) is 9.53 Å². The standard InChI is InChI=1S/C13H16O3/c1-9(12(15)16-13(2,3)4)10-7-5-6-8-11(10)14/h5-8,14H,1H2,2-4H3. The molecule has 0 radical (unpaired) electrons. The maximum atomic E-state index is 11.7. The van der Waals surface area contributed by atoms with Crippen LogP contribution < -0.4 is 0 Å². The second-order valence-corrected chi connectivity index (χ2v) is 4.50. The first kappa shape index (κ1) is 12.3. The van der Waals surface area contributed by atoms with Crippen LogP contribution in [0.4, 0.5) is 0 Å². The maximum absolute atomic E-state index is 11.7. The van der Waals surface area contributed by atoms with Gasteiger partial charge in [-0.3, -0.25) is 0 Å². The third-order valence-electron chi connectivity index (χ3n) is 1.87. The van der Waals surface area contributed by atoms with Gasteiger partial charge in [0, 0.05) is 5.56 Å². The summed E-state index contributed by atoms with van der Waals surface area (Å²) >= 11 is 0. The number of para-hydroxylation sites is 1. The van der Waals surface area contributed by atoms with E-state index in [9.17, 15) is 9.90 Å². The lowest BCUT2D eigenvalue weighted by Gasteiger charge is -2.20. The zero-order valence-electron chi connectivity index (χ0n) is 9.78. The van der Waals surface area contributed by atoms with Crippen molar-refractivity contribution >= 4 is 11.5 Å². The van der Waals surface area contributed by atoms with Gasteiger partial charge in [-0.1, -0.05) is 24.8 Å². The average molecular weight is 220 g/mol. The zero-order chi connectivity index (χ0) is 12.3. The highest BCUT2D eigenvalue weighted by molar-refractivity contribution is 6.16. The van der Waals surface area contributed by atoms with Gasteiger partial charge >= 0.3 is 5.97 Å². The Balaban J connectivity index is 2.88. The molecule has 0 aliphatic heterocycles. The molecule has 1 aromatic rings. The summed E-state index contributed by atoms with van der Waals surface area (Å²) in [4.78, 5) is 11.7. The molecular weight excluding hydrogens is 204 g/mol. The molecule has 0 amide bonds. The molecule has 0 unspecified atom stereocenters. The molecule has 0 aromatic heterocycles. The highest BCUT2D eigenvalue weighted by atomic mass is 16.6. The van der Waals surface area contributed by atoms with Gasteiger partial charge in [0.15, 0.2) is 0 Å². The van der Waals surface area contributed by atoms with E-state index in [0.29, 0.717) is 5.56 Å². The van der Waals surface area contributed by atoms with Crippen molar-refractivity contribution < 1.29 is 14.6 Å². The summed E-state index contributed by atoms with van der Waals surface area (Å²) in [6.45, 7) is 8.98. The fourth-order valence-electron chi connectivity index (χ4n) is 1.18. The van der Waals surface area contributed by atoms with E-state index < -0.39 is 11.6 Å². The minimum absolute atomic E-state index is 0.0263. The third-order valence-corrected chi connectivity index (χ3v) is 1.87. The Morgan fingerprint density at radius 1 is 1.31 bits per heavy atom. The van der Waals surface area contributed by atoms with E-state index in [4.69, 9.17) is 4.74 Å². The van der Waals surface area contributed by atoms with Gasteiger partial charge < -0.3 is 9.84 Å². The third kappa shape index (κ3) is 3.12. The summed E-state index contributed by atoms with van der Waals surface area (Å²) in [7, 11) is 0. The molecule has 0 saturated heterocycles. The Kier molecular flexibility index (Phi) is 3.38. The van der Waals surface area contributed by atoms with Gasteiger partial charge in [-0.15, -0.1) is 0 Å². The molecule has 0 heterocycles. The number of rotatable bonds is 2. The number of ether oxygens (including phenoxy) is 1. The molecule has 0 fully saturated rings. The van der Waals surface area contributed by atoms with Gasteiger partial charge in [-0.2, -0.15) is 0 Å². The number of phenols is 1. The van der Waals surface area contributed by atoms with Gasteiger partial charge in [0.1, 0.15) is 11.4 Å². The number of carbonyl (C=O) groups is 1. The lowest BCUT2D eigenvalue weighted by atomic mass is 10.1. The SMILES string of the molecule is C=C(C(=O)OC(C)(C)C)c1ccccc1O. The lowest BCUT2D eigenvalue weighted by Crippen LogP contribution is -2.24. The predicted octanol–water partition coefficient (Wildman–Crippen LogP) is 2.75. The van der Waals surface area contributed by atoms with E-state index >= 15 is 0 Å². The summed E-state index contributed by atoms with van der Waals surface area (Å²) in [6, 6.07) is 6.54. The molecular formula is C13H16O3. The van der Waals surface area contributed by atoms with Gasteiger partial charge in [0.2, 0.25) is 0 Å². The van der Waals surface area contributed by atoms with Crippen LogP contribution in [0.3, 0.4) is 0 Å². The van der Waals surface area contributed by atoms with Crippen LogP contribution in [0.25, 0.3) is 5.57 Å². The van der Waals surface area contributed by atoms with Gasteiger partial charge in [0.05, 0.1) is 5.57 Å². The van der Waals surface area contributed by atoms with Crippen molar-refractivity contribution in [2.45, 2.75) is 26.4 Å². The molecule has 0 aliphatic carbocycles. The summed E-state index contributed by atoms with van der Waals surface area (Å²) < 4.78 is 5.16. The Morgan fingerprint density at radius 2 is 1.88 bits per heavy atom. The molecule has 16 heavy (non-hydrogen) atoms. The Labute approximate surface area is 95.4 Å². The molecule has 0 aliphatic rings. The number of hydrogen-bond donors (Lipinski definition) is 1. The smallest absolute Gasteiger partial charge is 0.338 e. The van der Waals surface area contributed by atoms with Crippen molar-refractivity contribution in [2.24, 2.45) is 0 Å². The van der Waals surface area contributed by atoms with Crippen molar-refractivity contribution in [3.05, 3.63) is 36.4 Å². The van der Waals surface area contributed by atoms with Crippen LogP contribution in [-0.4, -0.2) is 16.7 Å². The quantitative estimate of drug-likeness (QED) is 0.615. The average Bonchev–Trinajstić information content (AvgIpc) is 2.15. The molecule has 1 N–H and O–H groups in total. The molecule has 0 bridgehead atoms. The van der Waals surface area contributed by atoms with Crippen LogP contribution in [0.2, 0.25) is 0 Å². The van der Waals surface area contributed by atoms with Crippen LogP contribution in [0.1, 0.15) is 26.3 Å². The highest BCUT2D eigenvalue weighted by Gasteiger charge is 2.20. The van der Waals surface area contributed by atoms with Crippen molar-refractivity contribution in [1.82, 2.24) is 0 Å². The number of aromatic hydroxyl groups is 1. The Morgan fingerprint density at radius 3 is 2.38 bits per heavy atom. The largest absolute Gasteiger partial charge is 0.507 e.